The molecule has 3 rings (SSSR count). The van der Waals surface area contributed by atoms with Crippen LogP contribution in [0.1, 0.15) is 48.1 Å². The second-order valence-corrected chi connectivity index (χ2v) is 6.31. The smallest absolute Gasteiger partial charge is 0.271 e. The molecular weight excluding hydrogens is 320 g/mol. The fraction of sp³-hybridized carbons (Fsp3) is 0.533. The highest BCUT2D eigenvalue weighted by Gasteiger charge is 2.34. The first kappa shape index (κ1) is 16.0. The van der Waals surface area contributed by atoms with Crippen LogP contribution in [-0.2, 0) is 11.8 Å². The number of amides is 1. The first-order valence-corrected chi connectivity index (χ1v) is 7.89. The Morgan fingerprint density at radius 3 is 2.83 bits per heavy atom. The topological polar surface area (TPSA) is 73.4 Å². The zero-order valence-corrected chi connectivity index (χ0v) is 14.1. The number of morpholine rings is 1. The van der Waals surface area contributed by atoms with Crippen LogP contribution >= 0.6 is 11.6 Å². The van der Waals surface area contributed by atoms with E-state index in [-0.39, 0.29) is 17.9 Å². The Hall–Kier alpha value is -1.86. The average molecular weight is 339 g/mol. The molecule has 23 heavy (non-hydrogen) atoms. The lowest BCUT2D eigenvalue weighted by Crippen LogP contribution is -2.44. The maximum atomic E-state index is 12.9. The van der Waals surface area contributed by atoms with E-state index in [2.05, 4.69) is 10.2 Å². The Kier molecular flexibility index (Phi) is 4.41. The van der Waals surface area contributed by atoms with Crippen LogP contribution in [0.4, 0.5) is 0 Å². The predicted molar refractivity (Wildman–Crippen MR) is 83.4 cm³/mol. The summed E-state index contributed by atoms with van der Waals surface area (Å²) in [6.07, 6.45) is 1.70. The summed E-state index contributed by atoms with van der Waals surface area (Å²) in [6, 6.07) is 1.27. The summed E-state index contributed by atoms with van der Waals surface area (Å²) >= 11 is 5.98. The second-order valence-electron chi connectivity index (χ2n) is 5.88. The fourth-order valence-corrected chi connectivity index (χ4v) is 2.80. The summed E-state index contributed by atoms with van der Waals surface area (Å²) in [7, 11) is 1.79. The third-order valence-corrected chi connectivity index (χ3v) is 4.02. The number of rotatable bonds is 3. The third kappa shape index (κ3) is 3.11. The molecule has 1 aliphatic heterocycles. The van der Waals surface area contributed by atoms with Crippen molar-refractivity contribution in [1.82, 2.24) is 19.7 Å². The van der Waals surface area contributed by atoms with Crippen molar-refractivity contribution < 1.29 is 13.9 Å². The molecule has 0 radical (unpaired) electrons. The minimum absolute atomic E-state index is 0.128. The van der Waals surface area contributed by atoms with Gasteiger partial charge in [-0.2, -0.15) is 0 Å². The van der Waals surface area contributed by atoms with Gasteiger partial charge in [0.2, 0.25) is 11.8 Å². The summed E-state index contributed by atoms with van der Waals surface area (Å²) in [4.78, 5) is 14.6. The van der Waals surface area contributed by atoms with Gasteiger partial charge in [0, 0.05) is 25.7 Å². The lowest BCUT2D eigenvalue weighted by molar-refractivity contribution is -0.0112. The van der Waals surface area contributed by atoms with Crippen LogP contribution in [0, 0.1) is 0 Å². The average Bonchev–Trinajstić information content (AvgIpc) is 3.13. The number of hydrogen-bond acceptors (Lipinski definition) is 5. The van der Waals surface area contributed by atoms with Gasteiger partial charge in [0.05, 0.1) is 18.2 Å². The maximum Gasteiger partial charge on any atom is 0.271 e. The van der Waals surface area contributed by atoms with E-state index in [0.717, 1.165) is 0 Å². The molecule has 1 saturated heterocycles. The molecule has 1 amide bonds. The molecular formula is C15H19ClN4O3. The molecule has 0 spiro atoms. The van der Waals surface area contributed by atoms with Crippen molar-refractivity contribution >= 4 is 17.5 Å². The standard InChI is InChI=1S/C15H19ClN4O3/c1-9(2)13-17-18-14(23-13)12-8-22-5-4-20(12)15(21)11-6-10(16)7-19(11)3/h6-7,9,12H,4-5,8H2,1-3H3/t12-/m0/s1. The highest BCUT2D eigenvalue weighted by atomic mass is 35.5. The van der Waals surface area contributed by atoms with Crippen molar-refractivity contribution in [2.24, 2.45) is 7.05 Å². The van der Waals surface area contributed by atoms with Crippen LogP contribution in [0.3, 0.4) is 0 Å². The number of hydrogen-bond donors (Lipinski definition) is 0. The number of nitrogens with zero attached hydrogens (tertiary/aromatic N) is 4. The molecule has 0 aliphatic carbocycles. The number of aromatic nitrogens is 3. The van der Waals surface area contributed by atoms with Gasteiger partial charge in [-0.15, -0.1) is 10.2 Å². The van der Waals surface area contributed by atoms with Gasteiger partial charge < -0.3 is 18.6 Å². The van der Waals surface area contributed by atoms with Crippen molar-refractivity contribution in [3.05, 3.63) is 34.8 Å². The summed E-state index contributed by atoms with van der Waals surface area (Å²) in [5.41, 5.74) is 0.519. The minimum atomic E-state index is -0.384. The predicted octanol–water partition coefficient (Wildman–Crippen LogP) is 2.40. The molecule has 0 unspecified atom stereocenters. The van der Waals surface area contributed by atoms with Gasteiger partial charge in [0.1, 0.15) is 11.7 Å². The van der Waals surface area contributed by atoms with Crippen LogP contribution in [0.25, 0.3) is 0 Å². The van der Waals surface area contributed by atoms with E-state index >= 15 is 0 Å². The molecule has 0 aromatic carbocycles. The van der Waals surface area contributed by atoms with Gasteiger partial charge in [0.25, 0.3) is 5.91 Å². The van der Waals surface area contributed by atoms with Gasteiger partial charge in [-0.1, -0.05) is 25.4 Å². The third-order valence-electron chi connectivity index (χ3n) is 3.82. The van der Waals surface area contributed by atoms with Gasteiger partial charge in [-0.05, 0) is 6.07 Å². The van der Waals surface area contributed by atoms with Crippen LogP contribution in [-0.4, -0.2) is 45.3 Å². The number of aryl methyl sites for hydroxylation is 1. The van der Waals surface area contributed by atoms with Crippen LogP contribution in [0.2, 0.25) is 5.02 Å². The van der Waals surface area contributed by atoms with Crippen LogP contribution in [0.15, 0.2) is 16.7 Å². The summed E-state index contributed by atoms with van der Waals surface area (Å²) in [6.45, 7) is 5.23. The van der Waals surface area contributed by atoms with E-state index < -0.39 is 0 Å². The zero-order chi connectivity index (χ0) is 16.6. The summed E-state index contributed by atoms with van der Waals surface area (Å²) in [5.74, 6) is 0.968. The lowest BCUT2D eigenvalue weighted by Gasteiger charge is -2.33. The van der Waals surface area contributed by atoms with Gasteiger partial charge in [0.15, 0.2) is 0 Å². The first-order chi connectivity index (χ1) is 11.0. The minimum Gasteiger partial charge on any atom is -0.423 e. The molecule has 1 fully saturated rings. The van der Waals surface area contributed by atoms with Crippen molar-refractivity contribution in [3.8, 4) is 0 Å². The highest BCUT2D eigenvalue weighted by molar-refractivity contribution is 6.31. The summed E-state index contributed by atoms with van der Waals surface area (Å²) in [5, 5.41) is 8.66. The molecule has 2 aromatic heterocycles. The lowest BCUT2D eigenvalue weighted by atomic mass is 10.2. The fourth-order valence-electron chi connectivity index (χ4n) is 2.55. The highest BCUT2D eigenvalue weighted by Crippen LogP contribution is 2.27. The molecule has 1 aliphatic rings. The Balaban J connectivity index is 1.89. The van der Waals surface area contributed by atoms with Gasteiger partial charge in [-0.3, -0.25) is 4.79 Å². The Morgan fingerprint density at radius 2 is 2.22 bits per heavy atom. The molecule has 8 heteroatoms. The molecule has 1 atom stereocenters. The Bertz CT molecular complexity index is 709. The number of carbonyl (C=O) groups excluding carboxylic acids is 1. The van der Waals surface area contributed by atoms with E-state index in [9.17, 15) is 4.79 Å². The van der Waals surface area contributed by atoms with Crippen LogP contribution in [0.5, 0.6) is 0 Å². The number of halogens is 1. The first-order valence-electron chi connectivity index (χ1n) is 7.51. The second kappa shape index (κ2) is 6.33. The van der Waals surface area contributed by atoms with E-state index in [1.165, 1.54) is 0 Å². The molecule has 0 N–H and O–H groups in total. The quantitative estimate of drug-likeness (QED) is 0.859. The molecule has 3 heterocycles. The van der Waals surface area contributed by atoms with E-state index in [0.29, 0.717) is 42.3 Å². The number of carbonyl (C=O) groups is 1. The van der Waals surface area contributed by atoms with Crippen LogP contribution < -0.4 is 0 Å². The molecule has 124 valence electrons. The molecule has 7 nitrogen and oxygen atoms in total. The van der Waals surface area contributed by atoms with Crippen molar-refractivity contribution in [3.63, 3.8) is 0 Å². The van der Waals surface area contributed by atoms with Crippen molar-refractivity contribution in [2.75, 3.05) is 19.8 Å². The molecule has 2 aromatic rings. The van der Waals surface area contributed by atoms with Gasteiger partial charge in [-0.25, -0.2) is 0 Å². The summed E-state index contributed by atoms with van der Waals surface area (Å²) < 4.78 is 12.9. The normalized spacial score (nSPS) is 18.7. The van der Waals surface area contributed by atoms with Crippen molar-refractivity contribution in [1.29, 1.82) is 0 Å². The Morgan fingerprint density at radius 1 is 1.43 bits per heavy atom. The Labute approximate surface area is 139 Å². The molecule has 0 saturated carbocycles. The largest absolute Gasteiger partial charge is 0.423 e. The SMILES string of the molecule is CC(C)c1nnc([C@@H]2COCCN2C(=O)c2cc(Cl)cn2C)o1. The molecule has 0 bridgehead atoms. The van der Waals surface area contributed by atoms with Crippen molar-refractivity contribution in [2.45, 2.75) is 25.8 Å². The van der Waals surface area contributed by atoms with Gasteiger partial charge >= 0.3 is 0 Å². The monoisotopic (exact) mass is 338 g/mol. The van der Waals surface area contributed by atoms with E-state index in [1.54, 1.807) is 28.8 Å². The van der Waals surface area contributed by atoms with E-state index in [4.69, 9.17) is 20.8 Å². The zero-order valence-electron chi connectivity index (χ0n) is 13.3. The number of ether oxygens (including phenoxy) is 1. The van der Waals surface area contributed by atoms with E-state index in [1.807, 2.05) is 13.8 Å². The maximum absolute atomic E-state index is 12.9.